The van der Waals surface area contributed by atoms with Crippen LogP contribution in [0.1, 0.15) is 11.4 Å². The molecule has 0 spiro atoms. The van der Waals surface area contributed by atoms with E-state index in [0.29, 0.717) is 11.5 Å². The molecule has 0 aliphatic rings. The zero-order valence-electron chi connectivity index (χ0n) is 24.0. The number of aromatic nitrogens is 9. The van der Waals surface area contributed by atoms with E-state index in [4.69, 9.17) is 11.5 Å². The van der Waals surface area contributed by atoms with E-state index in [9.17, 15) is 18.1 Å². The van der Waals surface area contributed by atoms with Crippen molar-refractivity contribution in [3.05, 3.63) is 54.1 Å². The Kier molecular flexibility index (Phi) is 12.1. The fraction of sp³-hybridized carbons (Fsp3) is 0.0952. The summed E-state index contributed by atoms with van der Waals surface area (Å²) in [4.78, 5) is 19.0. The number of aryl methyl sites for hydroxylation is 2. The van der Waals surface area contributed by atoms with Crippen LogP contribution in [0.15, 0.2) is 62.0 Å². The predicted molar refractivity (Wildman–Crippen MR) is 135 cm³/mol. The van der Waals surface area contributed by atoms with Gasteiger partial charge in [0.15, 0.2) is 28.8 Å². The van der Waals surface area contributed by atoms with E-state index >= 15 is 0 Å². The van der Waals surface area contributed by atoms with Gasteiger partial charge < -0.3 is 21.1 Å². The van der Waals surface area contributed by atoms with Gasteiger partial charge in [-0.25, -0.2) is 35.5 Å². The van der Waals surface area contributed by atoms with Gasteiger partial charge in [-0.05, 0) is 26.0 Å². The molecule has 0 aliphatic carbocycles. The number of nitrogen functional groups attached to an aromatic ring is 2. The SMILES string of the molecule is Cc1nn(-c2nc([O-])nc(-n3nc(C)c(N=Nc4ccc(S(=O)(=O)[O-])cn4)c3N)n2)c(N)c1N=Nc1cc[c-]cn1.[Li+].[Li+].[Li+]. The summed E-state index contributed by atoms with van der Waals surface area (Å²) in [6.45, 7) is 3.19. The Labute approximate surface area is 285 Å². The van der Waals surface area contributed by atoms with Crippen LogP contribution in [0.3, 0.4) is 0 Å². The average molecular weight is 595 g/mol. The number of nitrogens with zero attached hydrogens (tertiary/aromatic N) is 13. The molecule has 0 unspecified atom stereocenters. The van der Waals surface area contributed by atoms with Crippen molar-refractivity contribution in [2.24, 2.45) is 20.5 Å². The summed E-state index contributed by atoms with van der Waals surface area (Å²) in [6.07, 6.45) is 2.29. The zero-order valence-corrected chi connectivity index (χ0v) is 24.8. The van der Waals surface area contributed by atoms with Crippen molar-refractivity contribution in [1.29, 1.82) is 0 Å². The van der Waals surface area contributed by atoms with Gasteiger partial charge in [0, 0.05) is 6.20 Å². The van der Waals surface area contributed by atoms with Crippen molar-refractivity contribution in [1.82, 2.24) is 44.5 Å². The second-order valence-corrected chi connectivity index (χ2v) is 9.38. The summed E-state index contributed by atoms with van der Waals surface area (Å²) in [6, 6.07) is 7.28. The summed E-state index contributed by atoms with van der Waals surface area (Å²) in [5.41, 5.74) is 13.4. The molecule has 0 atom stereocenters. The molecule has 0 saturated heterocycles. The molecule has 19 nitrogen and oxygen atoms in total. The Bertz CT molecular complexity index is 1930. The normalized spacial score (nSPS) is 11.2. The van der Waals surface area contributed by atoms with Crippen LogP contribution in [0.4, 0.5) is 34.6 Å². The van der Waals surface area contributed by atoms with Crippen molar-refractivity contribution in [3.63, 3.8) is 0 Å². The van der Waals surface area contributed by atoms with E-state index in [1.807, 2.05) is 0 Å². The fourth-order valence-electron chi connectivity index (χ4n) is 3.30. The second-order valence-electron chi connectivity index (χ2n) is 8.00. The van der Waals surface area contributed by atoms with Gasteiger partial charge in [-0.2, -0.15) is 35.7 Å². The third-order valence-corrected chi connectivity index (χ3v) is 6.03. The third-order valence-electron chi connectivity index (χ3n) is 5.21. The second kappa shape index (κ2) is 14.7. The Morgan fingerprint density at radius 3 is 1.75 bits per heavy atom. The van der Waals surface area contributed by atoms with Gasteiger partial charge in [0.05, 0.1) is 28.1 Å². The van der Waals surface area contributed by atoms with Gasteiger partial charge in [-0.3, -0.25) is 4.98 Å². The molecule has 5 aromatic rings. The first-order valence-electron chi connectivity index (χ1n) is 11.2. The standard InChI is InChI=1S/C21H18N15O4S.3Li/c1-10-15(31-29-13-5-3-4-8-24-13)17(22)35(33-10)19-26-20(28-21(37)27-19)36-18(23)16(11(2)34-36)32-30-14-7-6-12(9-25-14)41(38,39)40;;;/h3,5-9H,22-23H2,1-2H3,(H,38,39,40)(H,26,27,28,37);;;/q-1;3*+1/p-2. The summed E-state index contributed by atoms with van der Waals surface area (Å²) < 4.78 is 35.3. The first-order chi connectivity index (χ1) is 19.5. The average Bonchev–Trinajstić information content (AvgIpc) is 3.39. The number of azo groups is 2. The number of hydrogen-bond acceptors (Lipinski definition) is 17. The topological polar surface area (TPSA) is 282 Å². The smallest absolute Gasteiger partial charge is 0.844 e. The van der Waals surface area contributed by atoms with Gasteiger partial charge in [0.25, 0.3) is 11.9 Å². The van der Waals surface area contributed by atoms with Crippen LogP contribution < -0.4 is 73.2 Å². The molecule has 4 N–H and O–H groups in total. The van der Waals surface area contributed by atoms with Crippen LogP contribution in [-0.2, 0) is 10.1 Å². The first-order valence-corrected chi connectivity index (χ1v) is 12.6. The molecule has 5 heterocycles. The number of nitrogens with two attached hydrogens (primary N) is 2. The number of rotatable bonds is 7. The van der Waals surface area contributed by atoms with E-state index < -0.39 is 21.0 Å². The Balaban J connectivity index is 0.00000225. The molecule has 0 amide bonds. The molecular formula is C21H16Li3N15O4S. The maximum Gasteiger partial charge on any atom is 1.00 e. The quantitative estimate of drug-likeness (QED) is 0.0766. The largest absolute Gasteiger partial charge is 1.00 e. The molecule has 5 rings (SSSR count). The maximum absolute atomic E-state index is 12.4. The Morgan fingerprint density at radius 1 is 0.795 bits per heavy atom. The van der Waals surface area contributed by atoms with Crippen molar-refractivity contribution in [3.8, 4) is 17.9 Å². The Hall–Kier alpha value is -3.97. The molecule has 23 heteroatoms. The predicted octanol–water partition coefficient (Wildman–Crippen LogP) is -7.57. The number of anilines is 2. The van der Waals surface area contributed by atoms with Crippen molar-refractivity contribution >= 4 is 44.8 Å². The van der Waals surface area contributed by atoms with Crippen LogP contribution in [0.25, 0.3) is 11.9 Å². The molecule has 0 aromatic carbocycles. The molecule has 5 aromatic heterocycles. The van der Waals surface area contributed by atoms with E-state index in [2.05, 4.69) is 61.6 Å². The molecule has 0 saturated carbocycles. The molecule has 0 fully saturated rings. The minimum Gasteiger partial charge on any atom is -0.844 e. The molecule has 0 bridgehead atoms. The van der Waals surface area contributed by atoms with E-state index in [-0.39, 0.29) is 103 Å². The number of pyridine rings is 2. The third kappa shape index (κ3) is 7.75. The monoisotopic (exact) mass is 595 g/mol. The first kappa shape index (κ1) is 36.2. The molecule has 208 valence electrons. The fourth-order valence-corrected chi connectivity index (χ4v) is 3.72. The molecular weight excluding hydrogens is 579 g/mol. The van der Waals surface area contributed by atoms with E-state index in [1.54, 1.807) is 26.0 Å². The minimum absolute atomic E-state index is 0. The Morgan fingerprint density at radius 2 is 1.32 bits per heavy atom. The van der Waals surface area contributed by atoms with Gasteiger partial charge in [0.2, 0.25) is 0 Å². The van der Waals surface area contributed by atoms with Gasteiger partial charge in [-0.1, -0.05) is 6.20 Å². The number of hydrogen-bond donors (Lipinski definition) is 2. The van der Waals surface area contributed by atoms with Gasteiger partial charge in [-0.15, -0.1) is 15.3 Å². The maximum atomic E-state index is 12.4. The van der Waals surface area contributed by atoms with Gasteiger partial charge >= 0.3 is 56.6 Å². The molecule has 0 radical (unpaired) electrons. The minimum atomic E-state index is -4.66. The van der Waals surface area contributed by atoms with Crippen LogP contribution in [0.2, 0.25) is 0 Å². The molecule has 44 heavy (non-hydrogen) atoms. The summed E-state index contributed by atoms with van der Waals surface area (Å²) in [5.74, 6) is -0.276. The van der Waals surface area contributed by atoms with Crippen LogP contribution in [0.5, 0.6) is 6.01 Å². The van der Waals surface area contributed by atoms with E-state index in [0.717, 1.165) is 21.6 Å². The molecule has 0 aliphatic heterocycles. The van der Waals surface area contributed by atoms with Crippen molar-refractivity contribution < 1.29 is 74.7 Å². The van der Waals surface area contributed by atoms with Crippen molar-refractivity contribution in [2.75, 3.05) is 11.5 Å². The van der Waals surface area contributed by atoms with Crippen LogP contribution >= 0.6 is 0 Å². The van der Waals surface area contributed by atoms with Crippen LogP contribution in [0, 0.1) is 19.9 Å². The summed E-state index contributed by atoms with van der Waals surface area (Å²) in [5, 5.41) is 36.9. The van der Waals surface area contributed by atoms with Crippen molar-refractivity contribution in [2.45, 2.75) is 18.7 Å². The summed E-state index contributed by atoms with van der Waals surface area (Å²) in [7, 11) is -4.66. The van der Waals surface area contributed by atoms with Crippen LogP contribution in [-0.4, -0.2) is 57.5 Å². The van der Waals surface area contributed by atoms with Gasteiger partial charge in [0.1, 0.15) is 10.1 Å². The van der Waals surface area contributed by atoms with E-state index in [1.165, 1.54) is 12.3 Å². The summed E-state index contributed by atoms with van der Waals surface area (Å²) >= 11 is 0. The zero-order chi connectivity index (χ0) is 29.3.